The van der Waals surface area contributed by atoms with E-state index in [1.54, 1.807) is 24.0 Å². The Bertz CT molecular complexity index is 565. The minimum Gasteiger partial charge on any atom is -0.338 e. The molecule has 0 N–H and O–H groups in total. The molecule has 0 aliphatic rings. The highest BCUT2D eigenvalue weighted by atomic mass is 35.5. The van der Waals surface area contributed by atoms with Crippen molar-refractivity contribution in [2.45, 2.75) is 6.42 Å². The molecule has 0 saturated heterocycles. The Morgan fingerprint density at radius 1 is 1.53 bits per heavy atom. The lowest BCUT2D eigenvalue weighted by Crippen LogP contribution is -2.10. The van der Waals surface area contributed by atoms with Gasteiger partial charge in [0.15, 0.2) is 5.78 Å². The van der Waals surface area contributed by atoms with Gasteiger partial charge in [0, 0.05) is 24.5 Å². The number of aromatic nitrogens is 2. The summed E-state index contributed by atoms with van der Waals surface area (Å²) in [6.45, 7) is 0. The maximum atomic E-state index is 13.4. The van der Waals surface area contributed by atoms with Gasteiger partial charge in [0.25, 0.3) is 0 Å². The molecule has 0 bridgehead atoms. The molecule has 3 nitrogen and oxygen atoms in total. The predicted molar refractivity (Wildman–Crippen MR) is 62.7 cm³/mol. The summed E-state index contributed by atoms with van der Waals surface area (Å²) in [4.78, 5) is 15.9. The van der Waals surface area contributed by atoms with Crippen molar-refractivity contribution in [1.29, 1.82) is 0 Å². The molecular formula is C12H10ClFN2O. The van der Waals surface area contributed by atoms with E-state index < -0.39 is 5.82 Å². The van der Waals surface area contributed by atoms with E-state index >= 15 is 0 Å². The Labute approximate surface area is 103 Å². The molecule has 0 unspecified atom stereocenters. The van der Waals surface area contributed by atoms with Gasteiger partial charge in [-0.1, -0.05) is 11.6 Å². The molecule has 1 aromatic heterocycles. The summed E-state index contributed by atoms with van der Waals surface area (Å²) in [5, 5.41) is 0.342. The number of nitrogens with zero attached hydrogens (tertiary/aromatic N) is 2. The Morgan fingerprint density at radius 2 is 2.29 bits per heavy atom. The molecule has 0 amide bonds. The fourth-order valence-corrected chi connectivity index (χ4v) is 1.69. The van der Waals surface area contributed by atoms with E-state index in [-0.39, 0.29) is 17.8 Å². The van der Waals surface area contributed by atoms with Gasteiger partial charge in [-0.25, -0.2) is 9.37 Å². The van der Waals surface area contributed by atoms with Crippen LogP contribution in [0.4, 0.5) is 4.39 Å². The van der Waals surface area contributed by atoms with Crippen molar-refractivity contribution < 1.29 is 9.18 Å². The van der Waals surface area contributed by atoms with Gasteiger partial charge in [0.2, 0.25) is 0 Å². The van der Waals surface area contributed by atoms with Crippen LogP contribution in [0.15, 0.2) is 30.6 Å². The molecule has 2 aromatic rings. The zero-order valence-corrected chi connectivity index (χ0v) is 9.91. The molecule has 0 saturated carbocycles. The largest absolute Gasteiger partial charge is 0.338 e. The number of halogens is 2. The van der Waals surface area contributed by atoms with Crippen LogP contribution in [0.2, 0.25) is 5.02 Å². The van der Waals surface area contributed by atoms with Crippen molar-refractivity contribution >= 4 is 17.4 Å². The van der Waals surface area contributed by atoms with Crippen molar-refractivity contribution in [3.63, 3.8) is 0 Å². The van der Waals surface area contributed by atoms with E-state index in [2.05, 4.69) is 4.98 Å². The van der Waals surface area contributed by atoms with E-state index in [1.807, 2.05) is 0 Å². The van der Waals surface area contributed by atoms with Gasteiger partial charge in [-0.2, -0.15) is 0 Å². The third-order valence-corrected chi connectivity index (χ3v) is 2.70. The molecule has 0 aliphatic heterocycles. The fraction of sp³-hybridized carbons (Fsp3) is 0.167. The molecule has 0 spiro atoms. The second-order valence-electron chi connectivity index (χ2n) is 3.68. The summed E-state index contributed by atoms with van der Waals surface area (Å²) in [5.41, 5.74) is 0.000463. The summed E-state index contributed by atoms with van der Waals surface area (Å²) < 4.78 is 15.2. The second kappa shape index (κ2) is 4.67. The Morgan fingerprint density at radius 3 is 2.94 bits per heavy atom. The first-order valence-corrected chi connectivity index (χ1v) is 5.40. The smallest absolute Gasteiger partial charge is 0.173 e. The van der Waals surface area contributed by atoms with E-state index in [0.29, 0.717) is 10.8 Å². The standard InChI is InChI=1S/C12H10ClFN2O/c1-16-5-4-15-12(16)7-11(17)9-6-8(13)2-3-10(9)14/h2-6H,7H2,1H3. The summed E-state index contributed by atoms with van der Waals surface area (Å²) in [6.07, 6.45) is 3.38. The molecule has 0 radical (unpaired) electrons. The van der Waals surface area contributed by atoms with Gasteiger partial charge in [-0.05, 0) is 18.2 Å². The number of benzene rings is 1. The van der Waals surface area contributed by atoms with Crippen LogP contribution in [-0.4, -0.2) is 15.3 Å². The molecule has 0 fully saturated rings. The Hall–Kier alpha value is -1.68. The Kier molecular flexibility index (Phi) is 3.24. The van der Waals surface area contributed by atoms with Gasteiger partial charge in [0.05, 0.1) is 12.0 Å². The molecule has 1 aromatic carbocycles. The zero-order chi connectivity index (χ0) is 12.4. The average Bonchev–Trinajstić information content (AvgIpc) is 2.68. The number of rotatable bonds is 3. The molecule has 17 heavy (non-hydrogen) atoms. The highest BCUT2D eigenvalue weighted by Crippen LogP contribution is 2.16. The second-order valence-corrected chi connectivity index (χ2v) is 4.11. The number of hydrogen-bond acceptors (Lipinski definition) is 2. The maximum Gasteiger partial charge on any atom is 0.173 e. The van der Waals surface area contributed by atoms with Gasteiger partial charge in [0.1, 0.15) is 11.6 Å². The van der Waals surface area contributed by atoms with Crippen molar-refractivity contribution in [3.05, 3.63) is 52.8 Å². The molecule has 88 valence electrons. The summed E-state index contributed by atoms with van der Waals surface area (Å²) in [5.74, 6) is -0.303. The van der Waals surface area contributed by atoms with Crippen LogP contribution in [-0.2, 0) is 13.5 Å². The lowest BCUT2D eigenvalue weighted by atomic mass is 10.1. The first kappa shape index (κ1) is 11.8. The van der Waals surface area contributed by atoms with Crippen molar-refractivity contribution in [1.82, 2.24) is 9.55 Å². The third-order valence-electron chi connectivity index (χ3n) is 2.47. The number of Topliss-reactive ketones (excluding diaryl/α,β-unsaturated/α-hetero) is 1. The van der Waals surface area contributed by atoms with E-state index in [0.717, 1.165) is 0 Å². The lowest BCUT2D eigenvalue weighted by molar-refractivity contribution is 0.0986. The van der Waals surface area contributed by atoms with Crippen molar-refractivity contribution in [3.8, 4) is 0 Å². The van der Waals surface area contributed by atoms with Crippen LogP contribution >= 0.6 is 11.6 Å². The molecule has 2 rings (SSSR count). The van der Waals surface area contributed by atoms with Crippen LogP contribution in [0.25, 0.3) is 0 Å². The molecule has 0 atom stereocenters. The van der Waals surface area contributed by atoms with E-state index in [4.69, 9.17) is 11.6 Å². The highest BCUT2D eigenvalue weighted by Gasteiger charge is 2.14. The van der Waals surface area contributed by atoms with Gasteiger partial charge in [-0.3, -0.25) is 4.79 Å². The SMILES string of the molecule is Cn1ccnc1CC(=O)c1cc(Cl)ccc1F. The van der Waals surface area contributed by atoms with Crippen LogP contribution in [0.3, 0.4) is 0 Å². The van der Waals surface area contributed by atoms with Gasteiger partial charge < -0.3 is 4.57 Å². The highest BCUT2D eigenvalue weighted by molar-refractivity contribution is 6.31. The topological polar surface area (TPSA) is 34.9 Å². The van der Waals surface area contributed by atoms with E-state index in [1.165, 1.54) is 18.2 Å². The Balaban J connectivity index is 2.26. The number of ketones is 1. The number of carbonyl (C=O) groups is 1. The first-order chi connectivity index (χ1) is 8.08. The summed E-state index contributed by atoms with van der Waals surface area (Å²) in [7, 11) is 1.78. The summed E-state index contributed by atoms with van der Waals surface area (Å²) >= 11 is 5.73. The number of aryl methyl sites for hydroxylation is 1. The predicted octanol–water partition coefficient (Wildman–Crippen LogP) is 2.64. The minimum absolute atomic E-state index is 0.000463. The monoisotopic (exact) mass is 252 g/mol. The van der Waals surface area contributed by atoms with Crippen LogP contribution in [0.5, 0.6) is 0 Å². The molecular weight excluding hydrogens is 243 g/mol. The van der Waals surface area contributed by atoms with Crippen molar-refractivity contribution in [2.75, 3.05) is 0 Å². The minimum atomic E-state index is -0.561. The maximum absolute atomic E-state index is 13.4. The van der Waals surface area contributed by atoms with Gasteiger partial charge in [-0.15, -0.1) is 0 Å². The molecule has 5 heteroatoms. The number of carbonyl (C=O) groups excluding carboxylic acids is 1. The zero-order valence-electron chi connectivity index (χ0n) is 9.15. The van der Waals surface area contributed by atoms with Crippen LogP contribution < -0.4 is 0 Å². The number of imidazole rings is 1. The normalized spacial score (nSPS) is 10.5. The molecule has 0 aliphatic carbocycles. The third kappa shape index (κ3) is 2.53. The van der Waals surface area contributed by atoms with Crippen LogP contribution in [0, 0.1) is 5.82 Å². The van der Waals surface area contributed by atoms with Crippen molar-refractivity contribution in [2.24, 2.45) is 7.05 Å². The molecule has 1 heterocycles. The number of hydrogen-bond donors (Lipinski definition) is 0. The average molecular weight is 253 g/mol. The van der Waals surface area contributed by atoms with E-state index in [9.17, 15) is 9.18 Å². The van der Waals surface area contributed by atoms with Gasteiger partial charge >= 0.3 is 0 Å². The quantitative estimate of drug-likeness (QED) is 0.787. The lowest BCUT2D eigenvalue weighted by Gasteiger charge is -2.03. The first-order valence-electron chi connectivity index (χ1n) is 5.02. The summed E-state index contributed by atoms with van der Waals surface area (Å²) in [6, 6.07) is 3.94. The fourth-order valence-electron chi connectivity index (χ4n) is 1.52. The van der Waals surface area contributed by atoms with Crippen LogP contribution in [0.1, 0.15) is 16.2 Å².